The predicted octanol–water partition coefficient (Wildman–Crippen LogP) is 0.187. The molecule has 0 saturated carbocycles. The number of morpholine rings is 1. The summed E-state index contributed by atoms with van der Waals surface area (Å²) in [6.45, 7) is 1.35. The van der Waals surface area contributed by atoms with Crippen molar-refractivity contribution < 1.29 is 24.2 Å². The maximum absolute atomic E-state index is 12.3. The van der Waals surface area contributed by atoms with Gasteiger partial charge in [0.05, 0.1) is 20.3 Å². The minimum Gasteiger partial charge on any atom is -0.466 e. The Kier molecular flexibility index (Phi) is 5.70. The van der Waals surface area contributed by atoms with Crippen molar-refractivity contribution in [3.05, 3.63) is 35.9 Å². The fraction of sp³-hybridized carbons (Fsp3) is 0.500. The quantitative estimate of drug-likeness (QED) is 0.592. The second-order valence-electron chi connectivity index (χ2n) is 5.53. The van der Waals surface area contributed by atoms with Gasteiger partial charge in [-0.3, -0.25) is 10.5 Å². The second-order valence-corrected chi connectivity index (χ2v) is 5.53. The molecule has 0 bridgehead atoms. The summed E-state index contributed by atoms with van der Waals surface area (Å²) in [6.07, 6.45) is -0.401. The number of nitrogens with two attached hydrogens (primary N) is 1. The highest BCUT2D eigenvalue weighted by atomic mass is 16.5. The number of nitrogens with zero attached hydrogens (tertiary/aromatic N) is 1. The summed E-state index contributed by atoms with van der Waals surface area (Å²) < 4.78 is 10.1. The zero-order valence-electron chi connectivity index (χ0n) is 13.1. The van der Waals surface area contributed by atoms with Gasteiger partial charge in [0.2, 0.25) is 11.6 Å². The third kappa shape index (κ3) is 4.51. The molecule has 23 heavy (non-hydrogen) atoms. The standard InChI is InChI=1S/C16H22N2O5/c1-22-15(20)16(17,21)8-7-14(19)18-9-10-23-13(11-18)12-5-3-2-4-6-12/h2-6,13,21H,7-11,17H2,1H3. The summed E-state index contributed by atoms with van der Waals surface area (Å²) in [6, 6.07) is 9.67. The molecule has 1 saturated heterocycles. The summed E-state index contributed by atoms with van der Waals surface area (Å²) in [5.41, 5.74) is 4.32. The molecule has 1 aliphatic rings. The monoisotopic (exact) mass is 322 g/mol. The first-order chi connectivity index (χ1) is 10.9. The summed E-state index contributed by atoms with van der Waals surface area (Å²) in [5, 5.41) is 9.77. The van der Waals surface area contributed by atoms with Gasteiger partial charge >= 0.3 is 5.97 Å². The summed E-state index contributed by atoms with van der Waals surface area (Å²) in [4.78, 5) is 25.3. The molecule has 7 heteroatoms. The van der Waals surface area contributed by atoms with E-state index in [2.05, 4.69) is 4.74 Å². The molecule has 1 aliphatic heterocycles. The fourth-order valence-corrected chi connectivity index (χ4v) is 2.48. The van der Waals surface area contributed by atoms with Crippen molar-refractivity contribution in [3.8, 4) is 0 Å². The van der Waals surface area contributed by atoms with E-state index in [0.717, 1.165) is 12.7 Å². The number of esters is 1. The topological polar surface area (TPSA) is 102 Å². The van der Waals surface area contributed by atoms with E-state index in [4.69, 9.17) is 10.5 Å². The van der Waals surface area contributed by atoms with Crippen LogP contribution in [0.25, 0.3) is 0 Å². The number of hydrogen-bond donors (Lipinski definition) is 2. The van der Waals surface area contributed by atoms with E-state index in [0.29, 0.717) is 19.7 Å². The van der Waals surface area contributed by atoms with Crippen molar-refractivity contribution in [1.29, 1.82) is 0 Å². The van der Waals surface area contributed by atoms with Crippen LogP contribution >= 0.6 is 0 Å². The second kappa shape index (κ2) is 7.54. The summed E-state index contributed by atoms with van der Waals surface area (Å²) in [5.74, 6) is -1.13. The Morgan fingerprint density at radius 2 is 2.13 bits per heavy atom. The molecule has 3 N–H and O–H groups in total. The van der Waals surface area contributed by atoms with E-state index in [-0.39, 0.29) is 24.9 Å². The van der Waals surface area contributed by atoms with E-state index in [9.17, 15) is 14.7 Å². The average Bonchev–Trinajstić information content (AvgIpc) is 2.59. The minimum atomic E-state index is -2.14. The maximum Gasteiger partial charge on any atom is 0.353 e. The Labute approximate surface area is 135 Å². The van der Waals surface area contributed by atoms with Gasteiger partial charge in [-0.25, -0.2) is 4.79 Å². The Bertz CT molecular complexity index is 547. The third-order valence-electron chi connectivity index (χ3n) is 3.85. The van der Waals surface area contributed by atoms with Crippen molar-refractivity contribution >= 4 is 11.9 Å². The predicted molar refractivity (Wildman–Crippen MR) is 82.1 cm³/mol. The third-order valence-corrected chi connectivity index (χ3v) is 3.85. The lowest BCUT2D eigenvalue weighted by Gasteiger charge is -2.33. The van der Waals surface area contributed by atoms with Crippen LogP contribution in [0.5, 0.6) is 0 Å². The highest BCUT2D eigenvalue weighted by Crippen LogP contribution is 2.22. The first kappa shape index (κ1) is 17.4. The molecule has 2 unspecified atom stereocenters. The molecule has 126 valence electrons. The first-order valence-corrected chi connectivity index (χ1v) is 7.48. The number of aliphatic hydroxyl groups is 1. The highest BCUT2D eigenvalue weighted by Gasteiger charge is 2.34. The van der Waals surface area contributed by atoms with Crippen LogP contribution in [0, 0.1) is 0 Å². The van der Waals surface area contributed by atoms with Gasteiger partial charge in [0.1, 0.15) is 6.10 Å². The van der Waals surface area contributed by atoms with Gasteiger partial charge in [0.15, 0.2) is 0 Å². The zero-order valence-corrected chi connectivity index (χ0v) is 13.1. The van der Waals surface area contributed by atoms with Crippen LogP contribution in [0.1, 0.15) is 24.5 Å². The van der Waals surface area contributed by atoms with Crippen molar-refractivity contribution in [2.45, 2.75) is 24.7 Å². The van der Waals surface area contributed by atoms with E-state index >= 15 is 0 Å². The van der Waals surface area contributed by atoms with E-state index in [1.165, 1.54) is 0 Å². The lowest BCUT2D eigenvalue weighted by Crippen LogP contribution is -2.50. The van der Waals surface area contributed by atoms with Crippen LogP contribution in [-0.4, -0.2) is 54.4 Å². The maximum atomic E-state index is 12.3. The van der Waals surface area contributed by atoms with Crippen LogP contribution in [0.3, 0.4) is 0 Å². The molecular weight excluding hydrogens is 300 g/mol. The molecule has 1 aromatic rings. The Hall–Kier alpha value is -1.96. The largest absolute Gasteiger partial charge is 0.466 e. The van der Waals surface area contributed by atoms with Crippen LogP contribution in [0.15, 0.2) is 30.3 Å². The first-order valence-electron chi connectivity index (χ1n) is 7.48. The molecule has 1 fully saturated rings. The number of benzene rings is 1. The molecule has 1 heterocycles. The number of carbonyl (C=O) groups is 2. The number of methoxy groups -OCH3 is 1. The Morgan fingerprint density at radius 3 is 2.78 bits per heavy atom. The van der Waals surface area contributed by atoms with Gasteiger partial charge in [-0.1, -0.05) is 30.3 Å². The van der Waals surface area contributed by atoms with Crippen LogP contribution in [0.2, 0.25) is 0 Å². The Morgan fingerprint density at radius 1 is 1.43 bits per heavy atom. The van der Waals surface area contributed by atoms with Gasteiger partial charge in [-0.2, -0.15) is 0 Å². The van der Waals surface area contributed by atoms with Crippen molar-refractivity contribution in [2.75, 3.05) is 26.8 Å². The molecule has 0 spiro atoms. The number of carbonyl (C=O) groups excluding carboxylic acids is 2. The molecule has 7 nitrogen and oxygen atoms in total. The molecule has 0 aromatic heterocycles. The highest BCUT2D eigenvalue weighted by molar-refractivity contribution is 5.81. The van der Waals surface area contributed by atoms with Crippen LogP contribution in [0.4, 0.5) is 0 Å². The summed E-state index contributed by atoms with van der Waals surface area (Å²) in [7, 11) is 1.13. The zero-order chi connectivity index (χ0) is 16.9. The van der Waals surface area contributed by atoms with Gasteiger partial charge in [-0.05, 0) is 5.56 Å². The van der Waals surface area contributed by atoms with Gasteiger partial charge < -0.3 is 19.5 Å². The van der Waals surface area contributed by atoms with Crippen molar-refractivity contribution in [3.63, 3.8) is 0 Å². The summed E-state index contributed by atoms with van der Waals surface area (Å²) >= 11 is 0. The molecule has 1 aromatic carbocycles. The van der Waals surface area contributed by atoms with Gasteiger partial charge in [0.25, 0.3) is 0 Å². The van der Waals surface area contributed by atoms with E-state index in [1.807, 2.05) is 30.3 Å². The number of rotatable bonds is 5. The lowest BCUT2D eigenvalue weighted by molar-refractivity contribution is -0.163. The smallest absolute Gasteiger partial charge is 0.353 e. The number of ether oxygens (including phenoxy) is 2. The minimum absolute atomic E-state index is 0.0381. The molecule has 1 amide bonds. The van der Waals surface area contributed by atoms with Gasteiger partial charge in [-0.15, -0.1) is 0 Å². The molecule has 0 aliphatic carbocycles. The molecular formula is C16H22N2O5. The van der Waals surface area contributed by atoms with E-state index in [1.54, 1.807) is 4.90 Å². The molecule has 2 atom stereocenters. The average molecular weight is 322 g/mol. The van der Waals surface area contributed by atoms with Crippen molar-refractivity contribution in [2.24, 2.45) is 5.73 Å². The fourth-order valence-electron chi connectivity index (χ4n) is 2.48. The van der Waals surface area contributed by atoms with E-state index < -0.39 is 11.7 Å². The number of hydrogen-bond acceptors (Lipinski definition) is 6. The van der Waals surface area contributed by atoms with Gasteiger partial charge in [0, 0.05) is 19.4 Å². The van der Waals surface area contributed by atoms with Crippen LogP contribution in [-0.2, 0) is 19.1 Å². The lowest BCUT2D eigenvalue weighted by atomic mass is 10.1. The Balaban J connectivity index is 1.91. The normalized spacial score (nSPS) is 20.7. The number of amides is 1. The SMILES string of the molecule is COC(=O)C(N)(O)CCC(=O)N1CCOC(c2ccccc2)C1. The van der Waals surface area contributed by atoms with Crippen LogP contribution < -0.4 is 5.73 Å². The van der Waals surface area contributed by atoms with Crippen molar-refractivity contribution in [1.82, 2.24) is 4.90 Å². The molecule has 0 radical (unpaired) electrons. The molecule has 2 rings (SSSR count).